The number of methoxy groups -OCH3 is 1. The summed E-state index contributed by atoms with van der Waals surface area (Å²) in [5.74, 6) is -0.149. The third kappa shape index (κ3) is 4.07. The topological polar surface area (TPSA) is 55.8 Å². The number of carboxylic acids is 1. The monoisotopic (exact) mass is 286 g/mol. The molecular weight excluding hydrogens is 268 g/mol. The highest BCUT2D eigenvalue weighted by atomic mass is 16.5. The standard InChI is InChI=1S/C17H18O4/c1-12-8-14(17(18)19)6-7-15(12)11-21-16-5-3-4-13(9-16)10-20-2/h3-9H,10-11H2,1-2H3,(H,18,19). The zero-order chi connectivity index (χ0) is 15.2. The largest absolute Gasteiger partial charge is 0.489 e. The van der Waals surface area contributed by atoms with Gasteiger partial charge in [-0.1, -0.05) is 18.2 Å². The second-order valence-electron chi connectivity index (χ2n) is 4.82. The molecule has 21 heavy (non-hydrogen) atoms. The van der Waals surface area contributed by atoms with E-state index >= 15 is 0 Å². The summed E-state index contributed by atoms with van der Waals surface area (Å²) in [5, 5.41) is 8.95. The summed E-state index contributed by atoms with van der Waals surface area (Å²) in [6.07, 6.45) is 0. The first-order valence-corrected chi connectivity index (χ1v) is 6.63. The maximum absolute atomic E-state index is 10.9. The van der Waals surface area contributed by atoms with Crippen LogP contribution in [-0.2, 0) is 18.0 Å². The van der Waals surface area contributed by atoms with E-state index in [0.29, 0.717) is 18.8 Å². The van der Waals surface area contributed by atoms with Crippen LogP contribution in [0.5, 0.6) is 5.75 Å². The smallest absolute Gasteiger partial charge is 0.335 e. The van der Waals surface area contributed by atoms with Gasteiger partial charge in [0, 0.05) is 7.11 Å². The van der Waals surface area contributed by atoms with Gasteiger partial charge in [0.15, 0.2) is 0 Å². The van der Waals surface area contributed by atoms with Crippen molar-refractivity contribution in [3.8, 4) is 5.75 Å². The van der Waals surface area contributed by atoms with Crippen LogP contribution in [0.1, 0.15) is 27.0 Å². The third-order valence-electron chi connectivity index (χ3n) is 3.19. The Kier molecular flexibility index (Phi) is 4.95. The summed E-state index contributed by atoms with van der Waals surface area (Å²) in [6, 6.07) is 12.8. The average Bonchev–Trinajstić information content (AvgIpc) is 2.46. The minimum absolute atomic E-state index is 0.290. The van der Waals surface area contributed by atoms with E-state index in [-0.39, 0.29) is 0 Å². The van der Waals surface area contributed by atoms with Crippen LogP contribution in [-0.4, -0.2) is 18.2 Å². The highest BCUT2D eigenvalue weighted by molar-refractivity contribution is 5.87. The van der Waals surface area contributed by atoms with Gasteiger partial charge in [-0.15, -0.1) is 0 Å². The number of rotatable bonds is 6. The first kappa shape index (κ1) is 15.1. The maximum Gasteiger partial charge on any atom is 0.335 e. The van der Waals surface area contributed by atoms with E-state index in [2.05, 4.69) is 0 Å². The van der Waals surface area contributed by atoms with Crippen LogP contribution in [0.25, 0.3) is 0 Å². The lowest BCUT2D eigenvalue weighted by atomic mass is 10.1. The number of ether oxygens (including phenoxy) is 2. The van der Waals surface area contributed by atoms with Crippen molar-refractivity contribution in [2.75, 3.05) is 7.11 Å². The molecule has 0 atom stereocenters. The Hall–Kier alpha value is -2.33. The molecule has 0 amide bonds. The molecule has 2 rings (SSSR count). The first-order valence-electron chi connectivity index (χ1n) is 6.63. The fourth-order valence-electron chi connectivity index (χ4n) is 2.04. The molecule has 0 aliphatic heterocycles. The van der Waals surface area contributed by atoms with Gasteiger partial charge in [-0.05, 0) is 47.9 Å². The molecule has 1 N–H and O–H groups in total. The maximum atomic E-state index is 10.9. The van der Waals surface area contributed by atoms with Crippen molar-refractivity contribution in [2.45, 2.75) is 20.1 Å². The number of carbonyl (C=O) groups is 1. The van der Waals surface area contributed by atoms with E-state index in [4.69, 9.17) is 14.6 Å². The molecule has 0 saturated carbocycles. The molecule has 0 saturated heterocycles. The van der Waals surface area contributed by atoms with Crippen molar-refractivity contribution < 1.29 is 19.4 Å². The van der Waals surface area contributed by atoms with Crippen LogP contribution >= 0.6 is 0 Å². The summed E-state index contributed by atoms with van der Waals surface area (Å²) in [7, 11) is 1.65. The molecule has 0 spiro atoms. The second kappa shape index (κ2) is 6.90. The van der Waals surface area contributed by atoms with E-state index in [9.17, 15) is 4.79 Å². The molecule has 4 heteroatoms. The van der Waals surface area contributed by atoms with Crippen molar-refractivity contribution >= 4 is 5.97 Å². The molecule has 0 aromatic heterocycles. The molecule has 0 aliphatic carbocycles. The highest BCUT2D eigenvalue weighted by Crippen LogP contribution is 2.18. The predicted octanol–water partition coefficient (Wildman–Crippen LogP) is 3.42. The number of hydrogen-bond donors (Lipinski definition) is 1. The predicted molar refractivity (Wildman–Crippen MR) is 79.6 cm³/mol. The van der Waals surface area contributed by atoms with E-state index in [1.807, 2.05) is 31.2 Å². The molecule has 0 unspecified atom stereocenters. The summed E-state index contributed by atoms with van der Waals surface area (Å²) in [5.41, 5.74) is 3.21. The van der Waals surface area contributed by atoms with Gasteiger partial charge in [-0.3, -0.25) is 0 Å². The molecule has 2 aromatic carbocycles. The Morgan fingerprint density at radius 2 is 1.95 bits per heavy atom. The SMILES string of the molecule is COCc1cccc(OCc2ccc(C(=O)O)cc2C)c1. The Balaban J connectivity index is 2.06. The Labute approximate surface area is 123 Å². The number of benzene rings is 2. The minimum Gasteiger partial charge on any atom is -0.489 e. The second-order valence-corrected chi connectivity index (χ2v) is 4.82. The van der Waals surface area contributed by atoms with Crippen LogP contribution in [0.2, 0.25) is 0 Å². The van der Waals surface area contributed by atoms with Gasteiger partial charge in [0.25, 0.3) is 0 Å². The lowest BCUT2D eigenvalue weighted by Crippen LogP contribution is -2.02. The van der Waals surface area contributed by atoms with Crippen LogP contribution in [0.4, 0.5) is 0 Å². The Morgan fingerprint density at radius 3 is 2.62 bits per heavy atom. The number of aryl methyl sites for hydroxylation is 1. The van der Waals surface area contributed by atoms with Crippen molar-refractivity contribution in [2.24, 2.45) is 0 Å². The van der Waals surface area contributed by atoms with Crippen LogP contribution in [0.15, 0.2) is 42.5 Å². The normalized spacial score (nSPS) is 10.4. The van der Waals surface area contributed by atoms with E-state index < -0.39 is 5.97 Å². The van der Waals surface area contributed by atoms with Gasteiger partial charge in [-0.25, -0.2) is 4.79 Å². The van der Waals surface area contributed by atoms with E-state index in [1.54, 1.807) is 25.3 Å². The summed E-state index contributed by atoms with van der Waals surface area (Å²) in [6.45, 7) is 2.83. The molecule has 110 valence electrons. The summed E-state index contributed by atoms with van der Waals surface area (Å²) < 4.78 is 10.8. The van der Waals surface area contributed by atoms with Gasteiger partial charge >= 0.3 is 5.97 Å². The zero-order valence-electron chi connectivity index (χ0n) is 12.1. The summed E-state index contributed by atoms with van der Waals surface area (Å²) in [4.78, 5) is 10.9. The molecule has 2 aromatic rings. The molecular formula is C17H18O4. The van der Waals surface area contributed by atoms with Gasteiger partial charge in [0.1, 0.15) is 12.4 Å². The molecule has 0 bridgehead atoms. The Morgan fingerprint density at radius 1 is 1.14 bits per heavy atom. The summed E-state index contributed by atoms with van der Waals surface area (Å²) >= 11 is 0. The molecule has 4 nitrogen and oxygen atoms in total. The van der Waals surface area contributed by atoms with Gasteiger partial charge in [0.2, 0.25) is 0 Å². The van der Waals surface area contributed by atoms with Crippen LogP contribution in [0, 0.1) is 6.92 Å². The first-order chi connectivity index (χ1) is 10.1. The fraction of sp³-hybridized carbons (Fsp3) is 0.235. The number of aromatic carboxylic acids is 1. The van der Waals surface area contributed by atoms with Crippen molar-refractivity contribution in [1.29, 1.82) is 0 Å². The molecule has 0 heterocycles. The lowest BCUT2D eigenvalue weighted by molar-refractivity contribution is 0.0696. The van der Waals surface area contributed by atoms with Gasteiger partial charge in [-0.2, -0.15) is 0 Å². The van der Waals surface area contributed by atoms with Gasteiger partial charge < -0.3 is 14.6 Å². The van der Waals surface area contributed by atoms with Crippen molar-refractivity contribution in [3.63, 3.8) is 0 Å². The Bertz CT molecular complexity index is 634. The van der Waals surface area contributed by atoms with Gasteiger partial charge in [0.05, 0.1) is 12.2 Å². The van der Waals surface area contributed by atoms with Crippen LogP contribution in [0.3, 0.4) is 0 Å². The molecule has 0 fully saturated rings. The third-order valence-corrected chi connectivity index (χ3v) is 3.19. The average molecular weight is 286 g/mol. The molecule has 0 aliphatic rings. The van der Waals surface area contributed by atoms with Crippen molar-refractivity contribution in [1.82, 2.24) is 0 Å². The van der Waals surface area contributed by atoms with E-state index in [0.717, 1.165) is 22.4 Å². The minimum atomic E-state index is -0.919. The van der Waals surface area contributed by atoms with E-state index in [1.165, 1.54) is 0 Å². The fourth-order valence-corrected chi connectivity index (χ4v) is 2.04. The van der Waals surface area contributed by atoms with Crippen molar-refractivity contribution in [3.05, 3.63) is 64.7 Å². The lowest BCUT2D eigenvalue weighted by Gasteiger charge is -2.10. The zero-order valence-corrected chi connectivity index (χ0v) is 12.1. The number of hydrogen-bond acceptors (Lipinski definition) is 3. The number of carboxylic acid groups (broad SMARTS) is 1. The highest BCUT2D eigenvalue weighted by Gasteiger charge is 2.06. The van der Waals surface area contributed by atoms with Crippen LogP contribution < -0.4 is 4.74 Å². The molecule has 0 radical (unpaired) electrons. The quantitative estimate of drug-likeness (QED) is 0.884.